The first-order chi connectivity index (χ1) is 15.8. The van der Waals surface area contributed by atoms with Gasteiger partial charge in [0.2, 0.25) is 0 Å². The Bertz CT molecular complexity index is 1290. The van der Waals surface area contributed by atoms with E-state index >= 15 is 0 Å². The molecule has 0 aromatic heterocycles. The van der Waals surface area contributed by atoms with Crippen molar-refractivity contribution < 1.29 is 23.9 Å². The highest BCUT2D eigenvalue weighted by molar-refractivity contribution is 6.42. The molecule has 0 aliphatic carbocycles. The molecular formula is C24H16Cl2N2O5. The SMILES string of the molecule is CN(C(=O)COC(=O)c1ccc2c(c1)C(=O)N(c1ccc(Cl)c(Cl)c1)C2=O)c1ccccc1. The van der Waals surface area contributed by atoms with Gasteiger partial charge in [-0.3, -0.25) is 14.4 Å². The van der Waals surface area contributed by atoms with E-state index in [1.807, 2.05) is 6.07 Å². The topological polar surface area (TPSA) is 84.0 Å². The lowest BCUT2D eigenvalue weighted by atomic mass is 10.1. The van der Waals surface area contributed by atoms with Crippen LogP contribution in [0, 0.1) is 0 Å². The number of para-hydroxylation sites is 1. The van der Waals surface area contributed by atoms with Crippen LogP contribution in [-0.2, 0) is 9.53 Å². The van der Waals surface area contributed by atoms with Gasteiger partial charge in [-0.1, -0.05) is 41.4 Å². The van der Waals surface area contributed by atoms with Gasteiger partial charge in [0.15, 0.2) is 6.61 Å². The maximum Gasteiger partial charge on any atom is 0.338 e. The second-order valence-corrected chi connectivity index (χ2v) is 7.98. The molecule has 3 aromatic rings. The van der Waals surface area contributed by atoms with Gasteiger partial charge in [-0.2, -0.15) is 0 Å². The van der Waals surface area contributed by atoms with Gasteiger partial charge in [0.25, 0.3) is 17.7 Å². The molecule has 1 heterocycles. The number of imide groups is 1. The van der Waals surface area contributed by atoms with Gasteiger partial charge in [0.1, 0.15) is 0 Å². The zero-order chi connectivity index (χ0) is 23.7. The second-order valence-electron chi connectivity index (χ2n) is 7.17. The van der Waals surface area contributed by atoms with Crippen molar-refractivity contribution in [2.45, 2.75) is 0 Å². The molecule has 0 saturated carbocycles. The average Bonchev–Trinajstić information content (AvgIpc) is 3.08. The van der Waals surface area contributed by atoms with Gasteiger partial charge in [0.05, 0.1) is 32.4 Å². The molecular weight excluding hydrogens is 467 g/mol. The highest BCUT2D eigenvalue weighted by Crippen LogP contribution is 2.33. The van der Waals surface area contributed by atoms with Gasteiger partial charge < -0.3 is 9.64 Å². The molecule has 1 aliphatic heterocycles. The van der Waals surface area contributed by atoms with Crippen molar-refractivity contribution in [1.82, 2.24) is 0 Å². The third-order valence-corrected chi connectivity index (χ3v) is 5.87. The first kappa shape index (κ1) is 22.5. The smallest absolute Gasteiger partial charge is 0.338 e. The normalized spacial score (nSPS) is 12.5. The van der Waals surface area contributed by atoms with Crippen LogP contribution >= 0.6 is 23.2 Å². The first-order valence-electron chi connectivity index (χ1n) is 9.74. The van der Waals surface area contributed by atoms with Crippen LogP contribution in [0.3, 0.4) is 0 Å². The number of benzene rings is 3. The van der Waals surface area contributed by atoms with Gasteiger partial charge in [-0.05, 0) is 48.5 Å². The van der Waals surface area contributed by atoms with Gasteiger partial charge in [-0.25, -0.2) is 9.69 Å². The lowest BCUT2D eigenvalue weighted by Crippen LogP contribution is -2.31. The predicted molar refractivity (Wildman–Crippen MR) is 124 cm³/mol. The standard InChI is InChI=1S/C24H16Cl2N2O5/c1-27(15-5-3-2-4-6-15)21(29)13-33-24(32)14-7-9-17-18(11-14)23(31)28(22(17)30)16-8-10-19(25)20(26)12-16/h2-12H,13H2,1H3. The molecule has 9 heteroatoms. The van der Waals surface area contributed by atoms with Crippen LogP contribution in [0.25, 0.3) is 0 Å². The number of fused-ring (bicyclic) bond motifs is 1. The Morgan fingerprint density at radius 2 is 1.58 bits per heavy atom. The number of carbonyl (C=O) groups excluding carboxylic acids is 4. The number of anilines is 2. The zero-order valence-corrected chi connectivity index (χ0v) is 18.8. The number of hydrogen-bond acceptors (Lipinski definition) is 5. The maximum atomic E-state index is 12.9. The fraction of sp³-hybridized carbons (Fsp3) is 0.0833. The summed E-state index contributed by atoms with van der Waals surface area (Å²) in [5, 5.41) is 0.481. The zero-order valence-electron chi connectivity index (χ0n) is 17.2. The number of likely N-dealkylation sites (N-methyl/N-ethyl adjacent to an activating group) is 1. The van der Waals surface area contributed by atoms with E-state index in [4.69, 9.17) is 27.9 Å². The minimum absolute atomic E-state index is 0.0426. The highest BCUT2D eigenvalue weighted by Gasteiger charge is 2.37. The monoisotopic (exact) mass is 482 g/mol. The molecule has 4 rings (SSSR count). The molecule has 0 N–H and O–H groups in total. The molecule has 0 bridgehead atoms. The summed E-state index contributed by atoms with van der Waals surface area (Å²) in [5.41, 5.74) is 1.15. The van der Waals surface area contributed by atoms with Crippen LogP contribution in [-0.4, -0.2) is 37.3 Å². The first-order valence-corrected chi connectivity index (χ1v) is 10.5. The molecule has 3 amide bonds. The number of rotatable bonds is 5. The van der Waals surface area contributed by atoms with Crippen molar-refractivity contribution in [3.8, 4) is 0 Å². The van der Waals surface area contributed by atoms with E-state index in [2.05, 4.69) is 0 Å². The van der Waals surface area contributed by atoms with E-state index in [9.17, 15) is 19.2 Å². The Kier molecular flexibility index (Phi) is 6.18. The minimum Gasteiger partial charge on any atom is -0.452 e. The Labute approximate surface area is 199 Å². The van der Waals surface area contributed by atoms with Crippen LogP contribution in [0.1, 0.15) is 31.1 Å². The van der Waals surface area contributed by atoms with Crippen molar-refractivity contribution in [1.29, 1.82) is 0 Å². The summed E-state index contributed by atoms with van der Waals surface area (Å²) in [7, 11) is 1.57. The number of nitrogens with zero attached hydrogens (tertiary/aromatic N) is 2. The number of esters is 1. The molecule has 0 saturated heterocycles. The average molecular weight is 483 g/mol. The Hall–Kier alpha value is -3.68. The lowest BCUT2D eigenvalue weighted by molar-refractivity contribution is -0.121. The fourth-order valence-electron chi connectivity index (χ4n) is 3.33. The molecule has 0 unspecified atom stereocenters. The van der Waals surface area contributed by atoms with E-state index in [0.717, 1.165) is 4.90 Å². The molecule has 0 fully saturated rings. The summed E-state index contributed by atoms with van der Waals surface area (Å²) in [6, 6.07) is 17.3. The van der Waals surface area contributed by atoms with E-state index in [1.54, 1.807) is 31.3 Å². The molecule has 1 aliphatic rings. The predicted octanol–water partition coefficient (Wildman–Crippen LogP) is 4.61. The quantitative estimate of drug-likeness (QED) is 0.391. The largest absolute Gasteiger partial charge is 0.452 e. The Morgan fingerprint density at radius 1 is 0.879 bits per heavy atom. The van der Waals surface area contributed by atoms with Crippen LogP contribution in [0.2, 0.25) is 10.0 Å². The van der Waals surface area contributed by atoms with Crippen LogP contribution in [0.5, 0.6) is 0 Å². The molecule has 166 valence electrons. The molecule has 7 nitrogen and oxygen atoms in total. The van der Waals surface area contributed by atoms with Crippen LogP contribution in [0.15, 0.2) is 66.7 Å². The molecule has 0 spiro atoms. The summed E-state index contributed by atoms with van der Waals surface area (Å²) in [4.78, 5) is 52.8. The van der Waals surface area contributed by atoms with E-state index < -0.39 is 30.3 Å². The van der Waals surface area contributed by atoms with Gasteiger partial charge >= 0.3 is 5.97 Å². The fourth-order valence-corrected chi connectivity index (χ4v) is 3.62. The highest BCUT2D eigenvalue weighted by atomic mass is 35.5. The van der Waals surface area contributed by atoms with E-state index in [1.165, 1.54) is 41.3 Å². The molecule has 33 heavy (non-hydrogen) atoms. The number of amides is 3. The third-order valence-electron chi connectivity index (χ3n) is 5.13. The summed E-state index contributed by atoms with van der Waals surface area (Å²) < 4.78 is 5.12. The summed E-state index contributed by atoms with van der Waals surface area (Å²) in [5.74, 6) is -2.37. The van der Waals surface area contributed by atoms with Crippen molar-refractivity contribution in [2.24, 2.45) is 0 Å². The Balaban J connectivity index is 1.49. The van der Waals surface area contributed by atoms with Crippen molar-refractivity contribution in [3.63, 3.8) is 0 Å². The van der Waals surface area contributed by atoms with Crippen molar-refractivity contribution >= 4 is 58.3 Å². The maximum absolute atomic E-state index is 12.9. The third kappa shape index (κ3) is 4.33. The van der Waals surface area contributed by atoms with Crippen LogP contribution < -0.4 is 9.80 Å². The number of hydrogen-bond donors (Lipinski definition) is 0. The minimum atomic E-state index is -0.791. The molecule has 0 atom stereocenters. The number of halogens is 2. The van der Waals surface area contributed by atoms with Gasteiger partial charge in [-0.15, -0.1) is 0 Å². The summed E-state index contributed by atoms with van der Waals surface area (Å²) >= 11 is 11.9. The van der Waals surface area contributed by atoms with Crippen LogP contribution in [0.4, 0.5) is 11.4 Å². The molecule has 0 radical (unpaired) electrons. The number of ether oxygens (including phenoxy) is 1. The van der Waals surface area contributed by atoms with E-state index in [-0.39, 0.29) is 32.4 Å². The van der Waals surface area contributed by atoms with Gasteiger partial charge in [0, 0.05) is 12.7 Å². The van der Waals surface area contributed by atoms with Crippen molar-refractivity contribution in [2.75, 3.05) is 23.5 Å². The molecule has 3 aromatic carbocycles. The summed E-state index contributed by atoms with van der Waals surface area (Å²) in [6.07, 6.45) is 0. The lowest BCUT2D eigenvalue weighted by Gasteiger charge is -2.17. The van der Waals surface area contributed by atoms with Crippen molar-refractivity contribution in [3.05, 3.63) is 93.5 Å². The van der Waals surface area contributed by atoms with E-state index in [0.29, 0.717) is 5.69 Å². The Morgan fingerprint density at radius 3 is 2.27 bits per heavy atom. The second kappa shape index (κ2) is 9.05. The summed E-state index contributed by atoms with van der Waals surface area (Å²) in [6.45, 7) is -0.483. The number of carbonyl (C=O) groups is 4.